The van der Waals surface area contributed by atoms with Crippen molar-refractivity contribution in [2.75, 3.05) is 0 Å². The quantitative estimate of drug-likeness (QED) is 0.366. The smallest absolute Gasteiger partial charge is 0.170 e. The van der Waals surface area contributed by atoms with Crippen molar-refractivity contribution in [3.05, 3.63) is 47.8 Å². The summed E-state index contributed by atoms with van der Waals surface area (Å²) in [7, 11) is 1.86. The Morgan fingerprint density at radius 3 is 2.67 bits per heavy atom. The Bertz CT molecular complexity index is 545. The molecule has 2 aromatic rings. The number of aryl methyl sites for hydroxylation is 1. The van der Waals surface area contributed by atoms with E-state index in [4.69, 9.17) is 15.7 Å². The van der Waals surface area contributed by atoms with E-state index >= 15 is 0 Å². The fourth-order valence-corrected chi connectivity index (χ4v) is 1.48. The minimum absolute atomic E-state index is 0.0753. The second kappa shape index (κ2) is 5.22. The molecule has 0 atom stereocenters. The Balaban J connectivity index is 1.98. The summed E-state index contributed by atoms with van der Waals surface area (Å²) in [6, 6.07) is 8.86. The van der Waals surface area contributed by atoms with Crippen LogP contribution in [0.4, 0.5) is 0 Å². The zero-order chi connectivity index (χ0) is 13.0. The summed E-state index contributed by atoms with van der Waals surface area (Å²) in [5.41, 5.74) is 6.96. The van der Waals surface area contributed by atoms with Gasteiger partial charge in [0.05, 0.1) is 5.69 Å². The fourth-order valence-electron chi connectivity index (χ4n) is 1.48. The van der Waals surface area contributed by atoms with E-state index in [2.05, 4.69) is 10.3 Å². The summed E-state index contributed by atoms with van der Waals surface area (Å²) >= 11 is 0. The molecule has 1 heterocycles. The largest absolute Gasteiger partial charge is 0.487 e. The molecule has 3 N–H and O–H groups in total. The van der Waals surface area contributed by atoms with Crippen molar-refractivity contribution in [1.29, 1.82) is 0 Å². The Morgan fingerprint density at radius 1 is 1.39 bits per heavy atom. The Morgan fingerprint density at radius 2 is 2.11 bits per heavy atom. The molecule has 2 rings (SSSR count). The van der Waals surface area contributed by atoms with E-state index in [-0.39, 0.29) is 5.84 Å². The van der Waals surface area contributed by atoms with Crippen LogP contribution >= 0.6 is 0 Å². The van der Waals surface area contributed by atoms with Crippen molar-refractivity contribution in [1.82, 2.24) is 9.78 Å². The maximum absolute atomic E-state index is 8.53. The van der Waals surface area contributed by atoms with E-state index in [1.165, 1.54) is 0 Å². The predicted octanol–water partition coefficient (Wildman–Crippen LogP) is 1.09. The first-order valence-electron chi connectivity index (χ1n) is 5.38. The number of rotatable bonds is 4. The Kier molecular flexibility index (Phi) is 3.47. The first-order chi connectivity index (χ1) is 8.69. The highest BCUT2D eigenvalue weighted by Gasteiger charge is 2.01. The molecule has 0 aliphatic heterocycles. The molecule has 0 bridgehead atoms. The van der Waals surface area contributed by atoms with Gasteiger partial charge in [-0.3, -0.25) is 4.68 Å². The second-order valence-electron chi connectivity index (χ2n) is 3.78. The van der Waals surface area contributed by atoms with Crippen LogP contribution < -0.4 is 10.5 Å². The van der Waals surface area contributed by atoms with E-state index in [1.54, 1.807) is 28.9 Å². The summed E-state index contributed by atoms with van der Waals surface area (Å²) in [5, 5.41) is 15.7. The highest BCUT2D eigenvalue weighted by molar-refractivity contribution is 5.97. The highest BCUT2D eigenvalue weighted by Crippen LogP contribution is 2.13. The van der Waals surface area contributed by atoms with Crippen molar-refractivity contribution in [3.8, 4) is 5.75 Å². The standard InChI is InChI=1S/C12H14N4O2/c1-16-7-6-10(14-16)8-18-11-4-2-9(3-5-11)12(13)15-17/h2-7,17H,8H2,1H3,(H2,13,15). The van der Waals surface area contributed by atoms with Gasteiger partial charge in [-0.25, -0.2) is 0 Å². The summed E-state index contributed by atoms with van der Waals surface area (Å²) < 4.78 is 7.28. The van der Waals surface area contributed by atoms with Gasteiger partial charge in [0.25, 0.3) is 0 Å². The van der Waals surface area contributed by atoms with Crippen LogP contribution in [-0.2, 0) is 13.7 Å². The molecule has 0 aliphatic carbocycles. The van der Waals surface area contributed by atoms with Crippen LogP contribution in [0.25, 0.3) is 0 Å². The lowest BCUT2D eigenvalue weighted by atomic mass is 10.2. The number of amidine groups is 1. The minimum Gasteiger partial charge on any atom is -0.487 e. The molecule has 94 valence electrons. The molecule has 6 nitrogen and oxygen atoms in total. The second-order valence-corrected chi connectivity index (χ2v) is 3.78. The molecule has 0 fully saturated rings. The molecule has 0 saturated carbocycles. The first kappa shape index (κ1) is 12.0. The van der Waals surface area contributed by atoms with Gasteiger partial charge in [-0.05, 0) is 30.3 Å². The topological polar surface area (TPSA) is 85.7 Å². The number of hydrogen-bond donors (Lipinski definition) is 2. The maximum Gasteiger partial charge on any atom is 0.170 e. The van der Waals surface area contributed by atoms with Crippen LogP contribution in [0.1, 0.15) is 11.3 Å². The van der Waals surface area contributed by atoms with Crippen molar-refractivity contribution in [2.24, 2.45) is 17.9 Å². The van der Waals surface area contributed by atoms with Gasteiger partial charge >= 0.3 is 0 Å². The molecule has 0 amide bonds. The highest BCUT2D eigenvalue weighted by atomic mass is 16.5. The fraction of sp³-hybridized carbons (Fsp3) is 0.167. The number of aromatic nitrogens is 2. The predicted molar refractivity (Wildman–Crippen MR) is 66.5 cm³/mol. The molecule has 1 aromatic heterocycles. The van der Waals surface area contributed by atoms with Gasteiger partial charge in [0, 0.05) is 18.8 Å². The minimum atomic E-state index is 0.0753. The zero-order valence-corrected chi connectivity index (χ0v) is 9.95. The van der Waals surface area contributed by atoms with Gasteiger partial charge < -0.3 is 15.7 Å². The van der Waals surface area contributed by atoms with Crippen molar-refractivity contribution < 1.29 is 9.94 Å². The molecule has 6 heteroatoms. The number of benzene rings is 1. The summed E-state index contributed by atoms with van der Waals surface area (Å²) in [5.74, 6) is 0.779. The van der Waals surface area contributed by atoms with E-state index in [0.29, 0.717) is 17.9 Å². The number of oxime groups is 1. The molecular weight excluding hydrogens is 232 g/mol. The Hall–Kier alpha value is -2.50. The molecule has 18 heavy (non-hydrogen) atoms. The SMILES string of the molecule is Cn1ccc(COc2ccc(/C(N)=N/O)cc2)n1. The molecule has 1 aromatic carbocycles. The summed E-state index contributed by atoms with van der Waals surface area (Å²) in [6.45, 7) is 0.407. The third-order valence-electron chi connectivity index (χ3n) is 2.41. The van der Waals surface area contributed by atoms with Crippen molar-refractivity contribution in [2.45, 2.75) is 6.61 Å². The lowest BCUT2D eigenvalue weighted by molar-refractivity contribution is 0.300. The molecule has 0 saturated heterocycles. The third kappa shape index (κ3) is 2.79. The monoisotopic (exact) mass is 246 g/mol. The van der Waals surface area contributed by atoms with Crippen LogP contribution in [-0.4, -0.2) is 20.8 Å². The molecular formula is C12H14N4O2. The van der Waals surface area contributed by atoms with Crippen LogP contribution in [0, 0.1) is 0 Å². The average molecular weight is 246 g/mol. The molecule has 0 spiro atoms. The van der Waals surface area contributed by atoms with Crippen LogP contribution in [0.3, 0.4) is 0 Å². The average Bonchev–Trinajstić information content (AvgIpc) is 2.82. The van der Waals surface area contributed by atoms with Gasteiger partial charge in [0.15, 0.2) is 5.84 Å². The zero-order valence-electron chi connectivity index (χ0n) is 9.95. The lowest BCUT2D eigenvalue weighted by Gasteiger charge is -2.05. The van der Waals surface area contributed by atoms with Gasteiger partial charge in [-0.1, -0.05) is 5.16 Å². The van der Waals surface area contributed by atoms with E-state index in [9.17, 15) is 0 Å². The Labute approximate surface area is 104 Å². The number of hydrogen-bond acceptors (Lipinski definition) is 4. The summed E-state index contributed by atoms with van der Waals surface area (Å²) in [6.07, 6.45) is 1.86. The normalized spacial score (nSPS) is 11.5. The third-order valence-corrected chi connectivity index (χ3v) is 2.41. The van der Waals surface area contributed by atoms with Crippen molar-refractivity contribution >= 4 is 5.84 Å². The number of nitrogens with two attached hydrogens (primary N) is 1. The van der Waals surface area contributed by atoms with Crippen LogP contribution in [0.15, 0.2) is 41.7 Å². The van der Waals surface area contributed by atoms with Crippen molar-refractivity contribution in [3.63, 3.8) is 0 Å². The molecule has 0 aliphatic rings. The number of nitrogens with zero attached hydrogens (tertiary/aromatic N) is 3. The molecule has 0 radical (unpaired) electrons. The maximum atomic E-state index is 8.53. The van der Waals surface area contributed by atoms with E-state index < -0.39 is 0 Å². The molecule has 0 unspecified atom stereocenters. The van der Waals surface area contributed by atoms with Gasteiger partial charge in [-0.2, -0.15) is 5.10 Å². The lowest BCUT2D eigenvalue weighted by Crippen LogP contribution is -2.12. The van der Waals surface area contributed by atoms with Crippen LogP contribution in [0.2, 0.25) is 0 Å². The van der Waals surface area contributed by atoms with Gasteiger partial charge in [-0.15, -0.1) is 0 Å². The first-order valence-corrected chi connectivity index (χ1v) is 5.38. The number of ether oxygens (including phenoxy) is 1. The van der Waals surface area contributed by atoms with Crippen LogP contribution in [0.5, 0.6) is 5.75 Å². The van der Waals surface area contributed by atoms with E-state index in [1.807, 2.05) is 19.3 Å². The van der Waals surface area contributed by atoms with Gasteiger partial charge in [0.1, 0.15) is 12.4 Å². The summed E-state index contributed by atoms with van der Waals surface area (Å²) in [4.78, 5) is 0. The van der Waals surface area contributed by atoms with E-state index in [0.717, 1.165) is 5.69 Å². The van der Waals surface area contributed by atoms with Gasteiger partial charge in [0.2, 0.25) is 0 Å².